The first-order valence-electron chi connectivity index (χ1n) is 6.29. The van der Waals surface area contributed by atoms with Crippen LogP contribution in [0.3, 0.4) is 0 Å². The molecule has 1 aliphatic heterocycles. The Morgan fingerprint density at radius 1 is 1.06 bits per heavy atom. The maximum absolute atomic E-state index is 12.2. The van der Waals surface area contributed by atoms with Crippen molar-refractivity contribution in [3.8, 4) is 0 Å². The van der Waals surface area contributed by atoms with Crippen LogP contribution in [0.5, 0.6) is 0 Å². The van der Waals surface area contributed by atoms with Gasteiger partial charge in [0.2, 0.25) is 5.91 Å². The van der Waals surface area contributed by atoms with E-state index in [9.17, 15) is 4.79 Å². The summed E-state index contributed by atoms with van der Waals surface area (Å²) in [4.78, 5) is 16.6. The third kappa shape index (κ3) is 3.59. The van der Waals surface area contributed by atoms with Crippen molar-refractivity contribution in [3.05, 3.63) is 0 Å². The lowest BCUT2D eigenvalue weighted by atomic mass is 9.93. The van der Waals surface area contributed by atoms with Crippen LogP contribution in [0.15, 0.2) is 0 Å². The zero-order chi connectivity index (χ0) is 13.3. The third-order valence-electron chi connectivity index (χ3n) is 3.43. The summed E-state index contributed by atoms with van der Waals surface area (Å²) in [5.41, 5.74) is -0.247. The van der Waals surface area contributed by atoms with Gasteiger partial charge in [0.05, 0.1) is 5.41 Å². The molecule has 1 saturated heterocycles. The van der Waals surface area contributed by atoms with E-state index in [1.807, 2.05) is 18.7 Å². The molecule has 0 aromatic rings. The van der Waals surface area contributed by atoms with Crippen LogP contribution in [0.1, 0.15) is 34.6 Å². The van der Waals surface area contributed by atoms with Crippen molar-refractivity contribution < 1.29 is 4.79 Å². The van der Waals surface area contributed by atoms with Gasteiger partial charge in [0.15, 0.2) is 0 Å². The molecule has 0 aliphatic carbocycles. The highest BCUT2D eigenvalue weighted by atomic mass is 35.5. The minimum atomic E-state index is -0.439. The highest BCUT2D eigenvalue weighted by Gasteiger charge is 2.34. The smallest absolute Gasteiger partial charge is 0.229 e. The molecule has 3 nitrogen and oxygen atoms in total. The number of nitrogens with zero attached hydrogens (tertiary/aromatic N) is 2. The Kier molecular flexibility index (Phi) is 4.48. The molecule has 0 atom stereocenters. The number of carbonyl (C=O) groups excluding carboxylic acids is 1. The molecule has 0 unspecified atom stereocenters. The van der Waals surface area contributed by atoms with Gasteiger partial charge in [-0.2, -0.15) is 0 Å². The number of halogens is 1. The Morgan fingerprint density at radius 3 is 1.88 bits per heavy atom. The van der Waals surface area contributed by atoms with Gasteiger partial charge in [-0.1, -0.05) is 0 Å². The monoisotopic (exact) mass is 260 g/mol. The second-order valence-corrected chi connectivity index (χ2v) is 6.73. The standard InChI is InChI=1S/C13H25ClN2O/c1-12(2,3)16-8-6-15(7-9-16)11(17)13(4,5)10-14/h6-10H2,1-5H3. The highest BCUT2D eigenvalue weighted by Crippen LogP contribution is 2.23. The fourth-order valence-corrected chi connectivity index (χ4v) is 2.18. The van der Waals surface area contributed by atoms with Crippen molar-refractivity contribution in [1.82, 2.24) is 9.80 Å². The molecule has 1 heterocycles. The zero-order valence-corrected chi connectivity index (χ0v) is 12.5. The van der Waals surface area contributed by atoms with Crippen LogP contribution >= 0.6 is 11.6 Å². The minimum Gasteiger partial charge on any atom is -0.340 e. The first-order valence-corrected chi connectivity index (χ1v) is 6.82. The normalized spacial score (nSPS) is 19.5. The molecule has 0 aromatic heterocycles. The van der Waals surface area contributed by atoms with Crippen LogP contribution in [0, 0.1) is 5.41 Å². The van der Waals surface area contributed by atoms with Crippen molar-refractivity contribution in [2.24, 2.45) is 5.41 Å². The number of hydrogen-bond donors (Lipinski definition) is 0. The second kappa shape index (κ2) is 5.15. The molecule has 1 amide bonds. The average Bonchev–Trinajstić information content (AvgIpc) is 2.27. The molecule has 0 saturated carbocycles. The van der Waals surface area contributed by atoms with Crippen molar-refractivity contribution >= 4 is 17.5 Å². The summed E-state index contributed by atoms with van der Waals surface area (Å²) in [6, 6.07) is 0. The molecular weight excluding hydrogens is 236 g/mol. The van der Waals surface area contributed by atoms with Gasteiger partial charge in [-0.25, -0.2) is 0 Å². The Hall–Kier alpha value is -0.280. The molecule has 100 valence electrons. The van der Waals surface area contributed by atoms with Gasteiger partial charge in [0.1, 0.15) is 0 Å². The van der Waals surface area contributed by atoms with E-state index in [0.717, 1.165) is 26.2 Å². The lowest BCUT2D eigenvalue weighted by Gasteiger charge is -2.43. The number of carbonyl (C=O) groups is 1. The van der Waals surface area contributed by atoms with Gasteiger partial charge in [0.25, 0.3) is 0 Å². The molecule has 0 aromatic carbocycles. The Bertz CT molecular complexity index is 276. The molecule has 1 fully saturated rings. The van der Waals surface area contributed by atoms with Crippen LogP contribution in [0.25, 0.3) is 0 Å². The fourth-order valence-electron chi connectivity index (χ4n) is 2.07. The van der Waals surface area contributed by atoms with Crippen LogP contribution in [-0.4, -0.2) is 53.3 Å². The summed E-state index contributed by atoms with van der Waals surface area (Å²) in [5.74, 6) is 0.562. The third-order valence-corrected chi connectivity index (χ3v) is 4.10. The SMILES string of the molecule is CC(C)(CCl)C(=O)N1CCN(C(C)(C)C)CC1. The lowest BCUT2D eigenvalue weighted by Crippen LogP contribution is -2.56. The first-order chi connectivity index (χ1) is 7.68. The maximum atomic E-state index is 12.2. The molecule has 0 spiro atoms. The van der Waals surface area contributed by atoms with Gasteiger partial charge in [-0.05, 0) is 34.6 Å². The van der Waals surface area contributed by atoms with Gasteiger partial charge in [-0.3, -0.25) is 9.69 Å². The Morgan fingerprint density at radius 2 is 1.53 bits per heavy atom. The minimum absolute atomic E-state index is 0.182. The van der Waals surface area contributed by atoms with E-state index >= 15 is 0 Å². The van der Waals surface area contributed by atoms with E-state index in [1.54, 1.807) is 0 Å². The predicted octanol–water partition coefficient (Wildman–Crippen LogP) is 2.19. The van der Waals surface area contributed by atoms with E-state index in [1.165, 1.54) is 0 Å². The van der Waals surface area contributed by atoms with E-state index in [2.05, 4.69) is 25.7 Å². The summed E-state index contributed by atoms with van der Waals surface area (Å²) in [5, 5.41) is 0. The number of rotatable bonds is 2. The number of piperazine rings is 1. The Balaban J connectivity index is 2.56. The molecule has 1 aliphatic rings. The summed E-state index contributed by atoms with van der Waals surface area (Å²) in [7, 11) is 0. The Labute approximate surface area is 110 Å². The molecule has 1 rings (SSSR count). The van der Waals surface area contributed by atoms with E-state index in [0.29, 0.717) is 5.88 Å². The van der Waals surface area contributed by atoms with Gasteiger partial charge in [-0.15, -0.1) is 11.6 Å². The van der Waals surface area contributed by atoms with E-state index < -0.39 is 5.41 Å². The molecule has 0 bridgehead atoms. The summed E-state index contributed by atoms with van der Waals surface area (Å²) >= 11 is 5.85. The highest BCUT2D eigenvalue weighted by molar-refractivity contribution is 6.19. The topological polar surface area (TPSA) is 23.6 Å². The average molecular weight is 261 g/mol. The molecule has 0 radical (unpaired) electrons. The van der Waals surface area contributed by atoms with Crippen molar-refractivity contribution in [3.63, 3.8) is 0 Å². The molecule has 0 N–H and O–H groups in total. The number of hydrogen-bond acceptors (Lipinski definition) is 2. The van der Waals surface area contributed by atoms with E-state index in [4.69, 9.17) is 11.6 Å². The maximum Gasteiger partial charge on any atom is 0.229 e. The zero-order valence-electron chi connectivity index (χ0n) is 11.7. The van der Waals surface area contributed by atoms with Crippen LogP contribution in [0.4, 0.5) is 0 Å². The molecule has 17 heavy (non-hydrogen) atoms. The lowest BCUT2D eigenvalue weighted by molar-refractivity contribution is -0.141. The quantitative estimate of drug-likeness (QED) is 0.711. The first kappa shape index (κ1) is 14.8. The van der Waals surface area contributed by atoms with Gasteiger partial charge >= 0.3 is 0 Å². The van der Waals surface area contributed by atoms with Crippen molar-refractivity contribution in [2.75, 3.05) is 32.1 Å². The predicted molar refractivity (Wildman–Crippen MR) is 72.4 cm³/mol. The van der Waals surface area contributed by atoms with Crippen LogP contribution < -0.4 is 0 Å². The largest absolute Gasteiger partial charge is 0.340 e. The number of amides is 1. The van der Waals surface area contributed by atoms with Crippen LogP contribution in [0.2, 0.25) is 0 Å². The second-order valence-electron chi connectivity index (χ2n) is 6.47. The fraction of sp³-hybridized carbons (Fsp3) is 0.923. The van der Waals surface area contributed by atoms with E-state index in [-0.39, 0.29) is 11.4 Å². The van der Waals surface area contributed by atoms with Gasteiger partial charge < -0.3 is 4.90 Å². The molecular formula is C13H25ClN2O. The van der Waals surface area contributed by atoms with Crippen molar-refractivity contribution in [1.29, 1.82) is 0 Å². The summed E-state index contributed by atoms with van der Waals surface area (Å²) < 4.78 is 0. The molecule has 4 heteroatoms. The summed E-state index contributed by atoms with van der Waals surface area (Å²) in [6.45, 7) is 14.0. The van der Waals surface area contributed by atoms with Gasteiger partial charge in [0, 0.05) is 37.6 Å². The van der Waals surface area contributed by atoms with Crippen LogP contribution in [-0.2, 0) is 4.79 Å². The summed E-state index contributed by atoms with van der Waals surface area (Å²) in [6.07, 6.45) is 0. The van der Waals surface area contributed by atoms with Crippen molar-refractivity contribution in [2.45, 2.75) is 40.2 Å². The number of alkyl halides is 1.